The third kappa shape index (κ3) is 1.59. The highest BCUT2D eigenvalue weighted by molar-refractivity contribution is 7.17. The van der Waals surface area contributed by atoms with Crippen molar-refractivity contribution < 1.29 is 9.94 Å². The number of hydrogen-bond donors (Lipinski definition) is 2. The van der Waals surface area contributed by atoms with Gasteiger partial charge in [-0.15, -0.1) is 0 Å². The first-order valence-electron chi connectivity index (χ1n) is 6.03. The molecule has 0 atom stereocenters. The first-order valence-corrected chi connectivity index (χ1v) is 6.84. The highest BCUT2D eigenvalue weighted by atomic mass is 32.1. The Morgan fingerprint density at radius 2 is 2.15 bits per heavy atom. The van der Waals surface area contributed by atoms with Crippen LogP contribution in [0.25, 0.3) is 10.6 Å². The molecule has 1 aliphatic rings. The van der Waals surface area contributed by atoms with Crippen LogP contribution < -0.4 is 5.73 Å². The number of fused-ring (bicyclic) bond motifs is 3. The van der Waals surface area contributed by atoms with E-state index < -0.39 is 5.41 Å². The smallest absolute Gasteiger partial charge is 0.172 e. The van der Waals surface area contributed by atoms with Crippen LogP contribution in [0, 0.1) is 0 Å². The number of nitrogens with zero attached hydrogens (tertiary/aromatic N) is 3. The first kappa shape index (κ1) is 12.9. The molecule has 3 rings (SSSR count). The minimum Gasteiger partial charge on any atom is -0.499 e. The van der Waals surface area contributed by atoms with E-state index in [1.807, 2.05) is 13.8 Å². The molecule has 2 heterocycles. The summed E-state index contributed by atoms with van der Waals surface area (Å²) < 4.78 is 0. The van der Waals surface area contributed by atoms with Crippen LogP contribution in [0.3, 0.4) is 0 Å². The summed E-state index contributed by atoms with van der Waals surface area (Å²) in [6.07, 6.45) is 1.43. The number of hydrogen-bond acceptors (Lipinski definition) is 7. The largest absolute Gasteiger partial charge is 0.499 e. The van der Waals surface area contributed by atoms with E-state index in [0.717, 1.165) is 21.7 Å². The highest BCUT2D eigenvalue weighted by Gasteiger charge is 2.41. The van der Waals surface area contributed by atoms with Crippen LogP contribution in [0.4, 0.5) is 5.82 Å². The number of thiophene rings is 1. The summed E-state index contributed by atoms with van der Waals surface area (Å²) >= 11 is 1.25. The lowest BCUT2D eigenvalue weighted by Gasteiger charge is -2.32. The van der Waals surface area contributed by atoms with Gasteiger partial charge < -0.3 is 15.7 Å². The monoisotopic (exact) mass is 290 g/mol. The quantitative estimate of drug-likeness (QED) is 0.785. The van der Waals surface area contributed by atoms with Crippen molar-refractivity contribution in [1.82, 2.24) is 9.97 Å². The van der Waals surface area contributed by atoms with Gasteiger partial charge in [0.15, 0.2) is 5.06 Å². The van der Waals surface area contributed by atoms with Crippen molar-refractivity contribution in [2.75, 3.05) is 12.8 Å². The third-order valence-corrected chi connectivity index (χ3v) is 4.41. The van der Waals surface area contributed by atoms with Crippen LogP contribution >= 0.6 is 11.3 Å². The second kappa shape index (κ2) is 4.17. The average Bonchev–Trinajstić information content (AvgIpc) is 2.76. The summed E-state index contributed by atoms with van der Waals surface area (Å²) in [5, 5.41) is 14.2. The zero-order valence-electron chi connectivity index (χ0n) is 11.3. The fourth-order valence-corrected chi connectivity index (χ4v) is 3.53. The van der Waals surface area contributed by atoms with Gasteiger partial charge in [-0.3, -0.25) is 0 Å². The van der Waals surface area contributed by atoms with Gasteiger partial charge in [-0.2, -0.15) is 0 Å². The van der Waals surface area contributed by atoms with Gasteiger partial charge in [0.2, 0.25) is 0 Å². The molecular weight excluding hydrogens is 276 g/mol. The topological polar surface area (TPSA) is 93.6 Å². The summed E-state index contributed by atoms with van der Waals surface area (Å²) in [4.78, 5) is 14.2. The Kier molecular flexibility index (Phi) is 2.68. The zero-order chi connectivity index (χ0) is 14.5. The van der Waals surface area contributed by atoms with Crippen LogP contribution in [-0.2, 0) is 10.3 Å². The number of rotatable bonds is 1. The number of aromatic hydroxyl groups is 1. The molecule has 7 heteroatoms. The summed E-state index contributed by atoms with van der Waals surface area (Å²) in [6, 6.07) is 1.68. The SMILES string of the molecule is CO/N=C1\c2cc(O)sc2-c2ncnc(N)c2C1(C)C. The zero-order valence-corrected chi connectivity index (χ0v) is 12.2. The van der Waals surface area contributed by atoms with E-state index in [4.69, 9.17) is 10.6 Å². The van der Waals surface area contributed by atoms with E-state index in [2.05, 4.69) is 15.1 Å². The molecule has 0 bridgehead atoms. The molecule has 1 aliphatic carbocycles. The number of aromatic nitrogens is 2. The molecule has 0 amide bonds. The molecule has 2 aromatic heterocycles. The molecule has 0 radical (unpaired) electrons. The maximum Gasteiger partial charge on any atom is 0.172 e. The lowest BCUT2D eigenvalue weighted by Crippen LogP contribution is -2.35. The minimum atomic E-state index is -0.503. The Bertz CT molecular complexity index is 721. The summed E-state index contributed by atoms with van der Waals surface area (Å²) in [7, 11) is 1.50. The maximum atomic E-state index is 9.82. The molecule has 2 aromatic rings. The fraction of sp³-hybridized carbons (Fsp3) is 0.308. The summed E-state index contributed by atoms with van der Waals surface area (Å²) in [5.41, 5.74) is 8.62. The van der Waals surface area contributed by atoms with Gasteiger partial charge in [0.05, 0.1) is 16.3 Å². The van der Waals surface area contributed by atoms with Crippen molar-refractivity contribution in [3.8, 4) is 15.6 Å². The molecule has 0 saturated heterocycles. The van der Waals surface area contributed by atoms with Gasteiger partial charge in [0.25, 0.3) is 0 Å². The van der Waals surface area contributed by atoms with Gasteiger partial charge in [0.1, 0.15) is 19.3 Å². The summed E-state index contributed by atoms with van der Waals surface area (Å²) in [5.74, 6) is 0.419. The predicted octanol–water partition coefficient (Wildman–Crippen LogP) is 2.13. The number of anilines is 1. The van der Waals surface area contributed by atoms with Gasteiger partial charge in [-0.25, -0.2) is 9.97 Å². The van der Waals surface area contributed by atoms with Crippen LogP contribution in [0.15, 0.2) is 17.5 Å². The van der Waals surface area contributed by atoms with Gasteiger partial charge in [-0.05, 0) is 13.8 Å². The predicted molar refractivity (Wildman–Crippen MR) is 78.0 cm³/mol. The Labute approximate surface area is 119 Å². The number of nitrogen functional groups attached to an aromatic ring is 1. The highest BCUT2D eigenvalue weighted by Crippen LogP contribution is 2.48. The van der Waals surface area contributed by atoms with E-state index in [1.54, 1.807) is 6.07 Å². The van der Waals surface area contributed by atoms with Crippen molar-refractivity contribution in [2.24, 2.45) is 5.16 Å². The minimum absolute atomic E-state index is 0.208. The Hall–Kier alpha value is -2.15. The lowest BCUT2D eigenvalue weighted by molar-refractivity contribution is 0.211. The summed E-state index contributed by atoms with van der Waals surface area (Å²) in [6.45, 7) is 3.97. The first-order chi connectivity index (χ1) is 9.46. The molecule has 0 spiro atoms. The van der Waals surface area contributed by atoms with E-state index in [0.29, 0.717) is 11.5 Å². The van der Waals surface area contributed by atoms with E-state index in [-0.39, 0.29) is 5.06 Å². The van der Waals surface area contributed by atoms with E-state index >= 15 is 0 Å². The molecule has 0 aliphatic heterocycles. The molecule has 104 valence electrons. The van der Waals surface area contributed by atoms with Crippen molar-refractivity contribution in [2.45, 2.75) is 19.3 Å². The maximum absolute atomic E-state index is 9.82. The molecule has 6 nitrogen and oxygen atoms in total. The lowest BCUT2D eigenvalue weighted by atomic mass is 9.72. The van der Waals surface area contributed by atoms with Gasteiger partial charge >= 0.3 is 0 Å². The Balaban J connectivity index is 2.42. The second-order valence-corrected chi connectivity index (χ2v) is 6.09. The molecule has 0 unspecified atom stereocenters. The number of oxime groups is 1. The molecule has 0 saturated carbocycles. The molecule has 3 N–H and O–H groups in total. The van der Waals surface area contributed by atoms with Crippen molar-refractivity contribution >= 4 is 22.9 Å². The van der Waals surface area contributed by atoms with Crippen molar-refractivity contribution in [3.05, 3.63) is 23.5 Å². The molecular formula is C13H14N4O2S. The van der Waals surface area contributed by atoms with Crippen molar-refractivity contribution in [1.29, 1.82) is 0 Å². The third-order valence-electron chi connectivity index (χ3n) is 3.47. The fourth-order valence-electron chi connectivity index (χ4n) is 2.63. The van der Waals surface area contributed by atoms with Gasteiger partial charge in [0, 0.05) is 22.6 Å². The second-order valence-electron chi connectivity index (χ2n) is 5.06. The van der Waals surface area contributed by atoms with Crippen molar-refractivity contribution in [3.63, 3.8) is 0 Å². The molecule has 0 aromatic carbocycles. The Morgan fingerprint density at radius 3 is 2.85 bits per heavy atom. The van der Waals surface area contributed by atoms with E-state index in [1.165, 1.54) is 24.8 Å². The van der Waals surface area contributed by atoms with Crippen LogP contribution in [0.5, 0.6) is 5.06 Å². The number of nitrogens with two attached hydrogens (primary N) is 1. The van der Waals surface area contributed by atoms with Gasteiger partial charge in [-0.1, -0.05) is 16.5 Å². The molecule has 20 heavy (non-hydrogen) atoms. The van der Waals surface area contributed by atoms with Crippen LogP contribution in [0.1, 0.15) is 25.0 Å². The van der Waals surface area contributed by atoms with E-state index in [9.17, 15) is 5.11 Å². The van der Waals surface area contributed by atoms with Crippen LogP contribution in [-0.4, -0.2) is 27.9 Å². The molecule has 0 fully saturated rings. The standard InChI is InChI=1S/C13H14N4O2S/c1-13(2)8-9(15-5-16-12(8)14)10-6(4-7(18)20-10)11(13)17-19-3/h4-5,18H,1-3H3,(H2,14,15,16)/b17-11+. The Morgan fingerprint density at radius 1 is 1.40 bits per heavy atom. The normalized spacial score (nSPS) is 17.6. The average molecular weight is 290 g/mol. The van der Waals surface area contributed by atoms with Crippen LogP contribution in [0.2, 0.25) is 0 Å².